The minimum absolute atomic E-state index is 0.170. The second kappa shape index (κ2) is 5.11. The highest BCUT2D eigenvalue weighted by molar-refractivity contribution is 7.06. The molecule has 1 aromatic heterocycles. The first-order chi connectivity index (χ1) is 9.97. The molecular formula is C15H15FN2O2S. The molecule has 0 bridgehead atoms. The van der Waals surface area contributed by atoms with Crippen LogP contribution in [0.3, 0.4) is 0 Å². The van der Waals surface area contributed by atoms with E-state index in [4.69, 9.17) is 4.74 Å². The van der Waals surface area contributed by atoms with E-state index in [0.29, 0.717) is 11.3 Å². The molecule has 3 rings (SSSR count). The zero-order valence-corrected chi connectivity index (χ0v) is 12.8. The second-order valence-corrected chi connectivity index (χ2v) is 6.13. The van der Waals surface area contributed by atoms with Crippen molar-refractivity contribution in [2.45, 2.75) is 32.9 Å². The summed E-state index contributed by atoms with van der Waals surface area (Å²) in [6, 6.07) is 4.10. The molecule has 0 aliphatic carbocycles. The summed E-state index contributed by atoms with van der Waals surface area (Å²) in [5, 5.41) is 2.97. The third-order valence-corrected chi connectivity index (χ3v) is 4.48. The van der Waals surface area contributed by atoms with Crippen LogP contribution in [0.1, 0.15) is 39.5 Å². The Bertz CT molecular complexity index is 694. The highest BCUT2D eigenvalue weighted by atomic mass is 32.1. The maximum Gasteiger partial charge on any atom is 0.254 e. The van der Waals surface area contributed by atoms with Crippen molar-refractivity contribution in [2.75, 3.05) is 0 Å². The predicted octanol–water partition coefficient (Wildman–Crippen LogP) is 3.15. The molecule has 4 nitrogen and oxygen atoms in total. The summed E-state index contributed by atoms with van der Waals surface area (Å²) in [6.07, 6.45) is -0.238. The molecule has 0 saturated carbocycles. The molecule has 2 heterocycles. The van der Waals surface area contributed by atoms with Crippen molar-refractivity contribution in [3.63, 3.8) is 0 Å². The van der Waals surface area contributed by atoms with Gasteiger partial charge in [0.2, 0.25) is 0 Å². The number of benzene rings is 1. The first-order valence-corrected chi connectivity index (χ1v) is 7.44. The summed E-state index contributed by atoms with van der Waals surface area (Å²) in [6.45, 7) is 5.54. The number of nitrogens with zero attached hydrogens (tertiary/aromatic N) is 1. The number of amides is 1. The van der Waals surface area contributed by atoms with Crippen LogP contribution in [0, 0.1) is 19.7 Å². The number of fused-ring (bicyclic) bond motifs is 1. The number of aryl methyl sites for hydroxylation is 2. The molecule has 1 aliphatic rings. The summed E-state index contributed by atoms with van der Waals surface area (Å²) in [4.78, 5) is 13.3. The summed E-state index contributed by atoms with van der Waals surface area (Å²) in [5.74, 6) is -0.0253. The van der Waals surface area contributed by atoms with Gasteiger partial charge in [0, 0.05) is 16.5 Å². The number of carbonyl (C=O) groups is 1. The Kier molecular flexibility index (Phi) is 3.41. The zero-order chi connectivity index (χ0) is 15.1. The largest absolute Gasteiger partial charge is 0.488 e. The Morgan fingerprint density at radius 2 is 2.19 bits per heavy atom. The van der Waals surface area contributed by atoms with Gasteiger partial charge in [0.25, 0.3) is 5.91 Å². The highest BCUT2D eigenvalue weighted by Crippen LogP contribution is 2.37. The molecule has 0 saturated heterocycles. The van der Waals surface area contributed by atoms with Crippen molar-refractivity contribution in [3.8, 4) is 5.75 Å². The Morgan fingerprint density at radius 1 is 1.43 bits per heavy atom. The van der Waals surface area contributed by atoms with Crippen LogP contribution in [0.4, 0.5) is 4.39 Å². The van der Waals surface area contributed by atoms with E-state index in [2.05, 4.69) is 9.69 Å². The van der Waals surface area contributed by atoms with E-state index in [1.807, 2.05) is 20.8 Å². The smallest absolute Gasteiger partial charge is 0.254 e. The molecule has 1 N–H and O–H groups in total. The molecule has 1 aromatic carbocycles. The van der Waals surface area contributed by atoms with Crippen molar-refractivity contribution in [1.29, 1.82) is 0 Å². The molecule has 1 amide bonds. The maximum absolute atomic E-state index is 13.2. The Morgan fingerprint density at radius 3 is 2.86 bits per heavy atom. The van der Waals surface area contributed by atoms with Crippen LogP contribution in [0.5, 0.6) is 5.75 Å². The Labute approximate surface area is 126 Å². The lowest BCUT2D eigenvalue weighted by Crippen LogP contribution is -2.34. The van der Waals surface area contributed by atoms with Crippen LogP contribution in [-0.2, 0) is 0 Å². The zero-order valence-electron chi connectivity index (χ0n) is 11.9. The molecule has 6 heteroatoms. The van der Waals surface area contributed by atoms with E-state index in [1.165, 1.54) is 23.7 Å². The van der Waals surface area contributed by atoms with E-state index < -0.39 is 0 Å². The van der Waals surface area contributed by atoms with Gasteiger partial charge >= 0.3 is 0 Å². The average molecular weight is 306 g/mol. The summed E-state index contributed by atoms with van der Waals surface area (Å²) >= 11 is 1.31. The number of nitrogens with one attached hydrogen (secondary N) is 1. The minimum Gasteiger partial charge on any atom is -0.488 e. The van der Waals surface area contributed by atoms with Gasteiger partial charge in [0.05, 0.1) is 17.3 Å². The van der Waals surface area contributed by atoms with Gasteiger partial charge in [-0.25, -0.2) is 4.39 Å². The summed E-state index contributed by atoms with van der Waals surface area (Å²) in [5.41, 5.74) is 2.14. The third-order valence-electron chi connectivity index (χ3n) is 3.64. The number of rotatable bonds is 2. The van der Waals surface area contributed by atoms with Crippen molar-refractivity contribution in [1.82, 2.24) is 9.69 Å². The van der Waals surface area contributed by atoms with Crippen LogP contribution >= 0.6 is 11.5 Å². The lowest BCUT2D eigenvalue weighted by molar-refractivity contribution is 0.0907. The molecule has 21 heavy (non-hydrogen) atoms. The monoisotopic (exact) mass is 306 g/mol. The van der Waals surface area contributed by atoms with Gasteiger partial charge in [-0.3, -0.25) is 4.79 Å². The van der Waals surface area contributed by atoms with Crippen LogP contribution in [-0.4, -0.2) is 16.4 Å². The maximum atomic E-state index is 13.2. The second-order valence-electron chi connectivity index (χ2n) is 5.16. The van der Waals surface area contributed by atoms with Crippen LogP contribution < -0.4 is 10.1 Å². The van der Waals surface area contributed by atoms with E-state index in [0.717, 1.165) is 16.1 Å². The summed E-state index contributed by atoms with van der Waals surface area (Å²) in [7, 11) is 0. The van der Waals surface area contributed by atoms with Crippen molar-refractivity contribution in [2.24, 2.45) is 0 Å². The van der Waals surface area contributed by atoms with Crippen LogP contribution in [0.25, 0.3) is 0 Å². The molecule has 0 fully saturated rings. The van der Waals surface area contributed by atoms with Gasteiger partial charge in [-0.05, 0) is 38.4 Å². The van der Waals surface area contributed by atoms with E-state index >= 15 is 0 Å². The van der Waals surface area contributed by atoms with Gasteiger partial charge in [-0.2, -0.15) is 4.37 Å². The van der Waals surface area contributed by atoms with Crippen molar-refractivity contribution in [3.05, 3.63) is 45.7 Å². The minimum atomic E-state index is -0.346. The quantitative estimate of drug-likeness (QED) is 0.927. The number of aromatic nitrogens is 1. The average Bonchev–Trinajstić information content (AvgIpc) is 2.90. The van der Waals surface area contributed by atoms with Gasteiger partial charge < -0.3 is 10.1 Å². The molecule has 0 radical (unpaired) electrons. The number of carbonyl (C=O) groups excluding carboxylic acids is 1. The fraction of sp³-hybridized carbons (Fsp3) is 0.333. The molecule has 2 aromatic rings. The number of halogens is 1. The predicted molar refractivity (Wildman–Crippen MR) is 78.3 cm³/mol. The van der Waals surface area contributed by atoms with E-state index in [-0.39, 0.29) is 23.9 Å². The number of hydrogen-bond donors (Lipinski definition) is 1. The van der Waals surface area contributed by atoms with Gasteiger partial charge in [0.1, 0.15) is 17.7 Å². The first-order valence-electron chi connectivity index (χ1n) is 6.67. The number of ether oxygens (including phenoxy) is 1. The molecule has 0 spiro atoms. The Balaban J connectivity index is 1.88. The van der Waals surface area contributed by atoms with Gasteiger partial charge in [0.15, 0.2) is 0 Å². The lowest BCUT2D eigenvalue weighted by Gasteiger charge is -2.17. The summed E-state index contributed by atoms with van der Waals surface area (Å²) < 4.78 is 23.0. The van der Waals surface area contributed by atoms with E-state index in [1.54, 1.807) is 6.07 Å². The molecule has 1 aliphatic heterocycles. The normalized spacial score (nSPS) is 20.0. The SMILES string of the molecule is Cc1nsc(C)c1C(=O)NC1c2ccc(F)cc2OC1C. The molecule has 2 atom stereocenters. The van der Waals surface area contributed by atoms with E-state index in [9.17, 15) is 9.18 Å². The van der Waals surface area contributed by atoms with Crippen molar-refractivity contribution >= 4 is 17.4 Å². The fourth-order valence-electron chi connectivity index (χ4n) is 2.60. The van der Waals surface area contributed by atoms with Crippen molar-refractivity contribution < 1.29 is 13.9 Å². The third kappa shape index (κ3) is 2.40. The van der Waals surface area contributed by atoms with Crippen LogP contribution in [0.2, 0.25) is 0 Å². The standard InChI is InChI=1S/C15H15FN2O2S/c1-7-13(9(3)21-18-7)15(19)17-14-8(2)20-12-6-10(16)4-5-11(12)14/h4-6,8,14H,1-3H3,(H,17,19). The number of hydrogen-bond acceptors (Lipinski definition) is 4. The highest BCUT2D eigenvalue weighted by Gasteiger charge is 2.33. The Hall–Kier alpha value is -1.95. The fourth-order valence-corrected chi connectivity index (χ4v) is 3.30. The molecular weight excluding hydrogens is 291 g/mol. The first kappa shape index (κ1) is 14.0. The van der Waals surface area contributed by atoms with Gasteiger partial charge in [-0.15, -0.1) is 0 Å². The van der Waals surface area contributed by atoms with Crippen LogP contribution in [0.15, 0.2) is 18.2 Å². The topological polar surface area (TPSA) is 51.2 Å². The lowest BCUT2D eigenvalue weighted by atomic mass is 10.0. The molecule has 110 valence electrons. The molecule has 2 unspecified atom stereocenters. The van der Waals surface area contributed by atoms with Gasteiger partial charge in [-0.1, -0.05) is 6.07 Å².